The Kier molecular flexibility index (Phi) is 4.62. The lowest BCUT2D eigenvalue weighted by atomic mass is 9.94. The van der Waals surface area contributed by atoms with Crippen LogP contribution in [0.3, 0.4) is 0 Å². The number of pyridine rings is 1. The number of ether oxygens (including phenoxy) is 1. The number of anilines is 1. The Labute approximate surface area is 153 Å². The van der Waals surface area contributed by atoms with Gasteiger partial charge in [0.2, 0.25) is 0 Å². The number of hydrogen-bond acceptors (Lipinski definition) is 4. The second-order valence-electron chi connectivity index (χ2n) is 6.69. The zero-order chi connectivity index (χ0) is 17.2. The van der Waals surface area contributed by atoms with Gasteiger partial charge in [0.25, 0.3) is 0 Å². The number of aliphatic imine (C=N–C) groups is 1. The van der Waals surface area contributed by atoms with Crippen LogP contribution in [-0.2, 0) is 6.54 Å². The van der Waals surface area contributed by atoms with Crippen LogP contribution in [0.15, 0.2) is 35.5 Å². The van der Waals surface area contributed by atoms with Gasteiger partial charge in [-0.3, -0.25) is 4.99 Å². The molecule has 0 amide bonds. The predicted molar refractivity (Wildman–Crippen MR) is 102 cm³/mol. The number of methoxy groups -OCH3 is 1. The van der Waals surface area contributed by atoms with E-state index in [0.29, 0.717) is 23.4 Å². The van der Waals surface area contributed by atoms with Crippen molar-refractivity contribution in [2.24, 2.45) is 4.99 Å². The van der Waals surface area contributed by atoms with Crippen LogP contribution in [0.5, 0.6) is 5.75 Å². The average molecular weight is 356 g/mol. The van der Waals surface area contributed by atoms with E-state index in [-0.39, 0.29) is 0 Å². The van der Waals surface area contributed by atoms with Gasteiger partial charge in [-0.15, -0.1) is 0 Å². The van der Waals surface area contributed by atoms with E-state index in [1.165, 1.54) is 37.7 Å². The molecule has 2 aliphatic rings. The molecule has 0 radical (unpaired) electrons. The third-order valence-corrected chi connectivity index (χ3v) is 5.35. The second-order valence-corrected chi connectivity index (χ2v) is 7.09. The van der Waals surface area contributed by atoms with Crippen LogP contribution in [0.2, 0.25) is 5.02 Å². The molecule has 1 saturated carbocycles. The molecule has 4 nitrogen and oxygen atoms in total. The van der Waals surface area contributed by atoms with Crippen LogP contribution >= 0.6 is 11.6 Å². The van der Waals surface area contributed by atoms with E-state index in [9.17, 15) is 0 Å². The third kappa shape index (κ3) is 3.23. The molecular weight excluding hydrogens is 334 g/mol. The van der Waals surface area contributed by atoms with Crippen LogP contribution in [0.1, 0.15) is 48.8 Å². The first-order valence-corrected chi connectivity index (χ1v) is 9.27. The summed E-state index contributed by atoms with van der Waals surface area (Å²) in [6, 6.07) is 8.39. The summed E-state index contributed by atoms with van der Waals surface area (Å²) in [6.45, 7) is 0.691. The normalized spacial score (nSPS) is 17.1. The molecule has 1 aromatic carbocycles. The minimum Gasteiger partial charge on any atom is -0.495 e. The minimum atomic E-state index is 0.508. The molecule has 0 atom stereocenters. The number of benzene rings is 1. The molecule has 4 rings (SSSR count). The first-order valence-electron chi connectivity index (χ1n) is 8.89. The predicted octanol–water partition coefficient (Wildman–Crippen LogP) is 4.84. The third-order valence-electron chi connectivity index (χ3n) is 5.05. The molecule has 5 heteroatoms. The van der Waals surface area contributed by atoms with Gasteiger partial charge in [-0.2, -0.15) is 0 Å². The molecular formula is C20H22ClN3O. The number of nitrogens with zero attached hydrogens (tertiary/aromatic N) is 2. The maximum Gasteiger partial charge on any atom is 0.137 e. The highest BCUT2D eigenvalue weighted by atomic mass is 35.5. The molecule has 1 aliphatic heterocycles. The zero-order valence-corrected chi connectivity index (χ0v) is 15.1. The van der Waals surface area contributed by atoms with E-state index in [2.05, 4.69) is 16.4 Å². The summed E-state index contributed by atoms with van der Waals surface area (Å²) in [7, 11) is 1.62. The SMILES string of the molecule is COc1ccc(C2=NCc3ccnc(NC4CCCCC4)c32)cc1Cl. The van der Waals surface area contributed by atoms with Gasteiger partial charge >= 0.3 is 0 Å². The van der Waals surface area contributed by atoms with Crippen LogP contribution in [0.4, 0.5) is 5.82 Å². The van der Waals surface area contributed by atoms with E-state index >= 15 is 0 Å². The molecule has 1 aromatic heterocycles. The van der Waals surface area contributed by atoms with Gasteiger partial charge in [0.15, 0.2) is 0 Å². The van der Waals surface area contributed by atoms with Crippen molar-refractivity contribution in [1.82, 2.24) is 4.98 Å². The lowest BCUT2D eigenvalue weighted by molar-refractivity contribution is 0.415. The molecule has 2 aromatic rings. The fraction of sp³-hybridized carbons (Fsp3) is 0.400. The Hall–Kier alpha value is -2.07. The average Bonchev–Trinajstić information content (AvgIpc) is 3.08. The van der Waals surface area contributed by atoms with E-state index in [1.54, 1.807) is 7.11 Å². The second kappa shape index (κ2) is 7.04. The Morgan fingerprint density at radius 3 is 2.76 bits per heavy atom. The molecule has 2 heterocycles. The highest BCUT2D eigenvalue weighted by Gasteiger charge is 2.24. The van der Waals surface area contributed by atoms with E-state index in [0.717, 1.165) is 22.7 Å². The zero-order valence-electron chi connectivity index (χ0n) is 14.4. The van der Waals surface area contributed by atoms with E-state index in [1.807, 2.05) is 24.4 Å². The van der Waals surface area contributed by atoms with Crippen molar-refractivity contribution in [2.75, 3.05) is 12.4 Å². The number of rotatable bonds is 4. The van der Waals surface area contributed by atoms with Crippen molar-refractivity contribution in [1.29, 1.82) is 0 Å². The lowest BCUT2D eigenvalue weighted by Crippen LogP contribution is -2.24. The van der Waals surface area contributed by atoms with Crippen molar-refractivity contribution in [3.05, 3.63) is 52.2 Å². The largest absolute Gasteiger partial charge is 0.495 e. The van der Waals surface area contributed by atoms with Gasteiger partial charge in [0.1, 0.15) is 11.6 Å². The van der Waals surface area contributed by atoms with Gasteiger partial charge in [0.05, 0.1) is 24.4 Å². The van der Waals surface area contributed by atoms with Gasteiger partial charge in [-0.25, -0.2) is 4.98 Å². The Bertz CT molecular complexity index is 813. The molecule has 0 unspecified atom stereocenters. The fourth-order valence-corrected chi connectivity index (χ4v) is 4.00. The molecule has 1 fully saturated rings. The topological polar surface area (TPSA) is 46.5 Å². The standard InChI is InChI=1S/C20H22ClN3O/c1-25-17-8-7-13(11-16(17)21)19-18-14(12-23-19)9-10-22-20(18)24-15-5-3-2-4-6-15/h7-11,15H,2-6,12H2,1H3,(H,22,24). The molecule has 1 aliphatic carbocycles. The smallest absolute Gasteiger partial charge is 0.137 e. The number of aromatic nitrogens is 1. The summed E-state index contributed by atoms with van der Waals surface area (Å²) in [4.78, 5) is 9.39. The molecule has 130 valence electrons. The summed E-state index contributed by atoms with van der Waals surface area (Å²) < 4.78 is 5.26. The quantitative estimate of drug-likeness (QED) is 0.853. The maximum absolute atomic E-state index is 6.32. The summed E-state index contributed by atoms with van der Waals surface area (Å²) in [5.41, 5.74) is 4.31. The first kappa shape index (κ1) is 16.4. The van der Waals surface area contributed by atoms with Gasteiger partial charge in [0, 0.05) is 23.4 Å². The summed E-state index contributed by atoms with van der Waals surface area (Å²) in [5, 5.41) is 4.27. The van der Waals surface area contributed by atoms with Crippen LogP contribution < -0.4 is 10.1 Å². The summed E-state index contributed by atoms with van der Waals surface area (Å²) >= 11 is 6.32. The number of halogens is 1. The number of hydrogen-bond donors (Lipinski definition) is 1. The minimum absolute atomic E-state index is 0.508. The van der Waals surface area contributed by atoms with Crippen molar-refractivity contribution < 1.29 is 4.74 Å². The highest BCUT2D eigenvalue weighted by Crippen LogP contribution is 2.33. The van der Waals surface area contributed by atoms with Crippen molar-refractivity contribution in [3.63, 3.8) is 0 Å². The highest BCUT2D eigenvalue weighted by molar-refractivity contribution is 6.32. The van der Waals surface area contributed by atoms with E-state index in [4.69, 9.17) is 21.3 Å². The Balaban J connectivity index is 1.67. The molecule has 0 spiro atoms. The number of nitrogens with one attached hydrogen (secondary N) is 1. The van der Waals surface area contributed by atoms with Crippen LogP contribution in [-0.4, -0.2) is 23.8 Å². The molecule has 25 heavy (non-hydrogen) atoms. The van der Waals surface area contributed by atoms with E-state index < -0.39 is 0 Å². The first-order chi connectivity index (χ1) is 12.3. The Morgan fingerprint density at radius 1 is 1.16 bits per heavy atom. The van der Waals surface area contributed by atoms with Crippen LogP contribution in [0.25, 0.3) is 0 Å². The fourth-order valence-electron chi connectivity index (χ4n) is 3.74. The van der Waals surface area contributed by atoms with Gasteiger partial charge < -0.3 is 10.1 Å². The molecule has 0 bridgehead atoms. The monoisotopic (exact) mass is 355 g/mol. The Morgan fingerprint density at radius 2 is 2.00 bits per heavy atom. The molecule has 1 N–H and O–H groups in total. The summed E-state index contributed by atoms with van der Waals surface area (Å²) in [5.74, 6) is 1.63. The van der Waals surface area contributed by atoms with Crippen molar-refractivity contribution >= 4 is 23.1 Å². The van der Waals surface area contributed by atoms with Crippen molar-refractivity contribution in [2.45, 2.75) is 44.7 Å². The van der Waals surface area contributed by atoms with Crippen molar-refractivity contribution in [3.8, 4) is 5.75 Å². The van der Waals surface area contributed by atoms with Gasteiger partial charge in [-0.05, 0) is 42.7 Å². The molecule has 0 saturated heterocycles. The number of fused-ring (bicyclic) bond motifs is 1. The summed E-state index contributed by atoms with van der Waals surface area (Å²) in [6.07, 6.45) is 8.24. The lowest BCUT2D eigenvalue weighted by Gasteiger charge is -2.24. The maximum atomic E-state index is 6.32. The van der Waals surface area contributed by atoms with Gasteiger partial charge in [-0.1, -0.05) is 30.9 Å². The van der Waals surface area contributed by atoms with Crippen LogP contribution in [0, 0.1) is 0 Å².